The Bertz CT molecular complexity index is 377. The van der Waals surface area contributed by atoms with E-state index in [1.165, 1.54) is 0 Å². The Morgan fingerprint density at radius 1 is 1.24 bits per heavy atom. The van der Waals surface area contributed by atoms with Crippen LogP contribution in [0.25, 0.3) is 0 Å². The predicted molar refractivity (Wildman–Crippen MR) is 74.4 cm³/mol. The Labute approximate surface area is 105 Å². The highest BCUT2D eigenvalue weighted by Gasteiger charge is 2.17. The maximum Gasteiger partial charge on any atom is 0.0950 e. The van der Waals surface area contributed by atoms with E-state index in [-0.39, 0.29) is 11.5 Å². The fraction of sp³-hybridized carbons (Fsp3) is 0.467. The average Bonchev–Trinajstić information content (AvgIpc) is 2.54. The zero-order valence-electron chi connectivity index (χ0n) is 11.2. The highest BCUT2D eigenvalue weighted by molar-refractivity contribution is 5.68. The molecule has 2 heteroatoms. The van der Waals surface area contributed by atoms with Crippen molar-refractivity contribution in [2.75, 3.05) is 0 Å². The summed E-state index contributed by atoms with van der Waals surface area (Å²) in [6.07, 6.45) is 9.20. The van der Waals surface area contributed by atoms with Gasteiger partial charge in [-0.2, -0.15) is 0 Å². The standard InChI is InChI=1S/C13H16N2.C2H6/c1-13(2)8-5-7-12(15-10-13)11-6-3-4-9-14-11;1-2/h3-6,8-10,12H,7H2,1-2H3;1-2H3. The molecule has 0 aromatic carbocycles. The normalized spacial score (nSPS) is 21.3. The van der Waals surface area contributed by atoms with Crippen LogP contribution < -0.4 is 0 Å². The molecule has 1 aromatic heterocycles. The molecule has 1 aliphatic rings. The van der Waals surface area contributed by atoms with Crippen molar-refractivity contribution < 1.29 is 0 Å². The second-order valence-electron chi connectivity index (χ2n) is 4.51. The van der Waals surface area contributed by atoms with E-state index >= 15 is 0 Å². The summed E-state index contributed by atoms with van der Waals surface area (Å²) in [5.41, 5.74) is 1.12. The first-order valence-electron chi connectivity index (χ1n) is 6.30. The zero-order chi connectivity index (χ0) is 12.7. The minimum Gasteiger partial charge on any atom is -0.287 e. The summed E-state index contributed by atoms with van der Waals surface area (Å²) in [6.45, 7) is 8.32. The van der Waals surface area contributed by atoms with Gasteiger partial charge in [0, 0.05) is 17.8 Å². The van der Waals surface area contributed by atoms with E-state index in [1.54, 1.807) is 0 Å². The highest BCUT2D eigenvalue weighted by Crippen LogP contribution is 2.26. The molecule has 0 amide bonds. The lowest BCUT2D eigenvalue weighted by atomic mass is 9.95. The molecule has 1 aliphatic heterocycles. The van der Waals surface area contributed by atoms with Crippen LogP contribution in [0.4, 0.5) is 0 Å². The Hall–Kier alpha value is -1.44. The topological polar surface area (TPSA) is 25.2 Å². The minimum atomic E-state index is 0.0729. The van der Waals surface area contributed by atoms with E-state index in [1.807, 2.05) is 44.5 Å². The summed E-state index contributed by atoms with van der Waals surface area (Å²) in [4.78, 5) is 8.94. The molecule has 2 rings (SSSR count). The fourth-order valence-electron chi connectivity index (χ4n) is 1.66. The molecule has 92 valence electrons. The van der Waals surface area contributed by atoms with Gasteiger partial charge in [-0.1, -0.05) is 45.9 Å². The van der Waals surface area contributed by atoms with Gasteiger partial charge in [-0.3, -0.25) is 9.98 Å². The van der Waals surface area contributed by atoms with Gasteiger partial charge in [-0.25, -0.2) is 0 Å². The average molecular weight is 230 g/mol. The summed E-state index contributed by atoms with van der Waals surface area (Å²) in [6, 6.07) is 6.17. The summed E-state index contributed by atoms with van der Waals surface area (Å²) < 4.78 is 0. The van der Waals surface area contributed by atoms with Crippen molar-refractivity contribution in [3.05, 3.63) is 42.2 Å². The van der Waals surface area contributed by atoms with Gasteiger partial charge in [0.15, 0.2) is 0 Å². The van der Waals surface area contributed by atoms with Crippen LogP contribution in [0.1, 0.15) is 45.9 Å². The molecule has 0 bridgehead atoms. The highest BCUT2D eigenvalue weighted by atomic mass is 14.8. The first kappa shape index (κ1) is 13.6. The SMILES string of the molecule is CC.CC1(C)C=CCC(c2ccccn2)N=C1. The Balaban J connectivity index is 0.000000686. The van der Waals surface area contributed by atoms with E-state index in [0.717, 1.165) is 12.1 Å². The number of aliphatic imine (C=N–C) groups is 1. The molecule has 2 nitrogen and oxygen atoms in total. The lowest BCUT2D eigenvalue weighted by Crippen LogP contribution is -2.08. The second kappa shape index (κ2) is 6.33. The molecule has 0 N–H and O–H groups in total. The molecule has 0 aliphatic carbocycles. The molecule has 1 atom stereocenters. The van der Waals surface area contributed by atoms with Crippen LogP contribution in [0.5, 0.6) is 0 Å². The first-order chi connectivity index (χ1) is 8.17. The third kappa shape index (κ3) is 4.14. The van der Waals surface area contributed by atoms with Crippen LogP contribution in [-0.2, 0) is 0 Å². The molecule has 0 fully saturated rings. The molecule has 1 unspecified atom stereocenters. The molecule has 17 heavy (non-hydrogen) atoms. The van der Waals surface area contributed by atoms with Gasteiger partial charge in [0.1, 0.15) is 0 Å². The Kier molecular flexibility index (Phi) is 5.08. The Morgan fingerprint density at radius 2 is 2.00 bits per heavy atom. The van der Waals surface area contributed by atoms with Gasteiger partial charge < -0.3 is 0 Å². The fourth-order valence-corrected chi connectivity index (χ4v) is 1.66. The second-order valence-corrected chi connectivity index (χ2v) is 4.51. The predicted octanol–water partition coefficient (Wildman–Crippen LogP) is 4.21. The molecule has 2 heterocycles. The molecule has 0 spiro atoms. The maximum atomic E-state index is 4.60. The number of aromatic nitrogens is 1. The van der Waals surface area contributed by atoms with Crippen molar-refractivity contribution in [1.29, 1.82) is 0 Å². The van der Waals surface area contributed by atoms with Crippen molar-refractivity contribution in [2.24, 2.45) is 10.4 Å². The van der Waals surface area contributed by atoms with E-state index in [4.69, 9.17) is 0 Å². The van der Waals surface area contributed by atoms with Gasteiger partial charge in [-0.15, -0.1) is 0 Å². The maximum absolute atomic E-state index is 4.60. The van der Waals surface area contributed by atoms with Crippen LogP contribution >= 0.6 is 0 Å². The van der Waals surface area contributed by atoms with Crippen molar-refractivity contribution in [3.8, 4) is 0 Å². The summed E-state index contributed by atoms with van der Waals surface area (Å²) in [5.74, 6) is 0. The molecule has 0 radical (unpaired) electrons. The number of hydrogen-bond donors (Lipinski definition) is 0. The van der Waals surface area contributed by atoms with Gasteiger partial charge in [-0.05, 0) is 18.6 Å². The third-order valence-corrected chi connectivity index (χ3v) is 2.52. The monoisotopic (exact) mass is 230 g/mol. The molecular formula is C15H22N2. The Morgan fingerprint density at radius 3 is 2.65 bits per heavy atom. The largest absolute Gasteiger partial charge is 0.287 e. The van der Waals surface area contributed by atoms with Crippen LogP contribution in [0.15, 0.2) is 41.5 Å². The van der Waals surface area contributed by atoms with Crippen molar-refractivity contribution >= 4 is 6.21 Å². The van der Waals surface area contributed by atoms with E-state index in [0.29, 0.717) is 0 Å². The quantitative estimate of drug-likeness (QED) is 0.663. The van der Waals surface area contributed by atoms with E-state index < -0.39 is 0 Å². The van der Waals surface area contributed by atoms with Gasteiger partial charge in [0.25, 0.3) is 0 Å². The molecular weight excluding hydrogens is 208 g/mol. The number of nitrogens with zero attached hydrogens (tertiary/aromatic N) is 2. The summed E-state index contributed by atoms with van der Waals surface area (Å²) in [7, 11) is 0. The summed E-state index contributed by atoms with van der Waals surface area (Å²) in [5, 5.41) is 0. The molecule has 0 saturated heterocycles. The number of rotatable bonds is 1. The van der Waals surface area contributed by atoms with Gasteiger partial charge >= 0.3 is 0 Å². The van der Waals surface area contributed by atoms with Crippen LogP contribution in [0.3, 0.4) is 0 Å². The number of pyridine rings is 1. The van der Waals surface area contributed by atoms with E-state index in [2.05, 4.69) is 36.0 Å². The van der Waals surface area contributed by atoms with Crippen molar-refractivity contribution in [2.45, 2.75) is 40.2 Å². The molecule has 0 saturated carbocycles. The van der Waals surface area contributed by atoms with Crippen LogP contribution in [0.2, 0.25) is 0 Å². The first-order valence-corrected chi connectivity index (χ1v) is 6.30. The molecule has 1 aromatic rings. The van der Waals surface area contributed by atoms with Crippen LogP contribution in [0, 0.1) is 5.41 Å². The van der Waals surface area contributed by atoms with Crippen LogP contribution in [-0.4, -0.2) is 11.2 Å². The lowest BCUT2D eigenvalue weighted by Gasteiger charge is -2.11. The van der Waals surface area contributed by atoms with Gasteiger partial charge in [0.2, 0.25) is 0 Å². The number of hydrogen-bond acceptors (Lipinski definition) is 2. The van der Waals surface area contributed by atoms with Crippen molar-refractivity contribution in [1.82, 2.24) is 4.98 Å². The minimum absolute atomic E-state index is 0.0729. The summed E-state index contributed by atoms with van der Waals surface area (Å²) >= 11 is 0. The third-order valence-electron chi connectivity index (χ3n) is 2.52. The lowest BCUT2D eigenvalue weighted by molar-refractivity contribution is 0.687. The van der Waals surface area contributed by atoms with Gasteiger partial charge in [0.05, 0.1) is 11.7 Å². The smallest absolute Gasteiger partial charge is 0.0950 e. The zero-order valence-corrected chi connectivity index (χ0v) is 11.2. The van der Waals surface area contributed by atoms with E-state index in [9.17, 15) is 0 Å². The van der Waals surface area contributed by atoms with Crippen molar-refractivity contribution in [3.63, 3.8) is 0 Å². The number of allylic oxidation sites excluding steroid dienone is 1.